The zero-order valence-electron chi connectivity index (χ0n) is 37.2. The van der Waals surface area contributed by atoms with Crippen molar-refractivity contribution in [1.82, 2.24) is 29.5 Å². The molecule has 0 bridgehead atoms. The maximum Gasteiger partial charge on any atom is 0.490 e. The van der Waals surface area contributed by atoms with Crippen LogP contribution in [0.5, 0.6) is 6.01 Å². The number of ether oxygens (including phenoxy) is 3. The second-order valence-electron chi connectivity index (χ2n) is 16.6. The minimum Gasteiger partial charge on any atom is -0.391 e. The third-order valence-electron chi connectivity index (χ3n) is 11.1. The van der Waals surface area contributed by atoms with Crippen molar-refractivity contribution in [3.63, 3.8) is 0 Å². The highest BCUT2D eigenvalue weighted by atomic mass is 31.3. The summed E-state index contributed by atoms with van der Waals surface area (Å²) in [6.07, 6.45) is 12.7. The highest BCUT2D eigenvalue weighted by molar-refractivity contribution is 7.66. The first-order chi connectivity index (χ1) is 31.8. The Morgan fingerprint density at radius 1 is 0.746 bits per heavy atom. The van der Waals surface area contributed by atoms with E-state index >= 15 is 0 Å². The molecular weight excluding hydrogens is 949 g/mol. The van der Waals surface area contributed by atoms with Gasteiger partial charge in [0.2, 0.25) is 0 Å². The van der Waals surface area contributed by atoms with Crippen LogP contribution in [0.2, 0.25) is 0 Å². The molecule has 0 aromatic carbocycles. The summed E-state index contributed by atoms with van der Waals surface area (Å²) in [4.78, 5) is 83.1. The molecule has 0 radical (unpaired) electrons. The highest BCUT2D eigenvalue weighted by Gasteiger charge is 2.48. The van der Waals surface area contributed by atoms with E-state index in [0.29, 0.717) is 6.42 Å². The molecule has 0 saturated carbocycles. The number of hydrogen-bond donors (Lipinski definition) is 8. The van der Waals surface area contributed by atoms with Crippen molar-refractivity contribution in [2.24, 2.45) is 0 Å². The number of phosphoric ester groups is 2. The molecule has 2 saturated heterocycles. The number of aromatic nitrogens is 6. The summed E-state index contributed by atoms with van der Waals surface area (Å²) in [5.41, 5.74) is -1.31. The van der Waals surface area contributed by atoms with Gasteiger partial charge in [0.25, 0.3) is 5.56 Å². The largest absolute Gasteiger partial charge is 0.490 e. The van der Waals surface area contributed by atoms with Gasteiger partial charge < -0.3 is 49.2 Å². The summed E-state index contributed by atoms with van der Waals surface area (Å²) in [5, 5.41) is 31.6. The van der Waals surface area contributed by atoms with E-state index in [1.54, 1.807) is 0 Å². The van der Waals surface area contributed by atoms with Crippen molar-refractivity contribution in [2.45, 2.75) is 172 Å². The SMILES string of the molecule is CCCCCCCCCCCCCCCCCCCC(=O)Oc1ncc2[nH]c([C@H]3O[C@H](COP(=O)(O)OP(=O)(O)OP(=O)(O)OC[C@H]4O[C@H](n5ccc(=O)[nH]c5=O)C[C@@H]4O)[C@@H](O)[C@H]3O)nc2n1. The number of rotatable bonds is 31. The van der Waals surface area contributed by atoms with Crippen molar-refractivity contribution in [3.8, 4) is 6.01 Å². The molecular formula is C39H63N6O19P3. The molecule has 67 heavy (non-hydrogen) atoms. The third-order valence-corrected chi connectivity index (χ3v) is 15.4. The van der Waals surface area contributed by atoms with Gasteiger partial charge in [-0.2, -0.15) is 13.6 Å². The fourth-order valence-electron chi connectivity index (χ4n) is 7.60. The molecule has 5 rings (SSSR count). The van der Waals surface area contributed by atoms with E-state index in [1.165, 1.54) is 89.7 Å². The smallest absolute Gasteiger partial charge is 0.391 e. The molecule has 2 fully saturated rings. The van der Waals surface area contributed by atoms with Gasteiger partial charge in [0.1, 0.15) is 48.1 Å². The van der Waals surface area contributed by atoms with Crippen LogP contribution in [0, 0.1) is 0 Å². The number of esters is 1. The molecule has 3 aromatic rings. The molecule has 2 aliphatic heterocycles. The number of phosphoric acid groups is 3. The Hall–Kier alpha value is -3.09. The molecule has 8 N–H and O–H groups in total. The number of unbranched alkanes of at least 4 members (excludes halogenated alkanes) is 16. The molecule has 5 heterocycles. The monoisotopic (exact) mass is 1010 g/mol. The highest BCUT2D eigenvalue weighted by Crippen LogP contribution is 2.68. The molecule has 3 unspecified atom stereocenters. The van der Waals surface area contributed by atoms with Gasteiger partial charge in [-0.15, -0.1) is 0 Å². The van der Waals surface area contributed by atoms with E-state index in [4.69, 9.17) is 14.2 Å². The number of aliphatic hydroxyl groups is 3. The van der Waals surface area contributed by atoms with Crippen LogP contribution in [0.25, 0.3) is 11.2 Å². The van der Waals surface area contributed by atoms with E-state index in [0.717, 1.165) is 36.1 Å². The minimum absolute atomic E-state index is 0.0199. The van der Waals surface area contributed by atoms with Gasteiger partial charge in [0.05, 0.1) is 25.5 Å². The Morgan fingerprint density at radius 2 is 1.30 bits per heavy atom. The molecule has 0 aliphatic carbocycles. The van der Waals surface area contributed by atoms with Crippen molar-refractivity contribution in [1.29, 1.82) is 0 Å². The maximum atomic E-state index is 12.6. The lowest BCUT2D eigenvalue weighted by molar-refractivity contribution is -0.135. The zero-order chi connectivity index (χ0) is 48.6. The van der Waals surface area contributed by atoms with E-state index < -0.39 is 96.8 Å². The van der Waals surface area contributed by atoms with E-state index in [1.807, 2.05) is 4.98 Å². The number of carbonyl (C=O) groups excluding carboxylic acids is 1. The van der Waals surface area contributed by atoms with Crippen molar-refractivity contribution < 1.29 is 80.4 Å². The van der Waals surface area contributed by atoms with Crippen LogP contribution in [0.1, 0.15) is 147 Å². The fourth-order valence-corrected chi connectivity index (χ4v) is 11.1. The Labute approximate surface area is 385 Å². The summed E-state index contributed by atoms with van der Waals surface area (Å²) in [7, 11) is -17.2. The predicted octanol–water partition coefficient (Wildman–Crippen LogP) is 5.03. The van der Waals surface area contributed by atoms with E-state index in [-0.39, 0.29) is 35.8 Å². The Morgan fingerprint density at radius 3 is 1.87 bits per heavy atom. The normalized spacial score (nSPS) is 24.7. The molecule has 25 nitrogen and oxygen atoms in total. The predicted molar refractivity (Wildman–Crippen MR) is 235 cm³/mol. The molecule has 28 heteroatoms. The Bertz CT molecular complexity index is 2300. The lowest BCUT2D eigenvalue weighted by Crippen LogP contribution is -2.33. The second-order valence-corrected chi connectivity index (χ2v) is 21.2. The summed E-state index contributed by atoms with van der Waals surface area (Å²) in [6.45, 7) is 0.236. The average molecular weight is 1010 g/mol. The molecule has 378 valence electrons. The first kappa shape index (κ1) is 54.8. The lowest BCUT2D eigenvalue weighted by atomic mass is 10.0. The minimum atomic E-state index is -5.95. The molecule has 3 aromatic heterocycles. The van der Waals surface area contributed by atoms with E-state index in [9.17, 15) is 58.1 Å². The van der Waals surface area contributed by atoms with Crippen LogP contribution in [-0.4, -0.2) is 109 Å². The number of nitrogens with one attached hydrogen (secondary N) is 2. The number of aliphatic hydroxyl groups excluding tert-OH is 3. The molecule has 0 spiro atoms. The number of nitrogens with zero attached hydrogens (tertiary/aromatic N) is 4. The first-order valence-corrected chi connectivity index (χ1v) is 27.1. The molecule has 2 aliphatic rings. The van der Waals surface area contributed by atoms with E-state index in [2.05, 4.69) is 44.5 Å². The van der Waals surface area contributed by atoms with Crippen molar-refractivity contribution in [3.05, 3.63) is 45.1 Å². The van der Waals surface area contributed by atoms with Gasteiger partial charge in [-0.25, -0.2) is 28.5 Å². The summed E-state index contributed by atoms with van der Waals surface area (Å²) in [6, 6.07) is 0.757. The number of imidazole rings is 1. The zero-order valence-corrected chi connectivity index (χ0v) is 39.9. The van der Waals surface area contributed by atoms with Crippen LogP contribution in [0.4, 0.5) is 0 Å². The third kappa shape index (κ3) is 18.0. The van der Waals surface area contributed by atoms with Gasteiger partial charge >= 0.3 is 41.1 Å². The Kier molecular flexibility index (Phi) is 21.5. The molecule has 10 atom stereocenters. The number of aromatic amines is 2. The number of hydrogen-bond acceptors (Lipinski definition) is 19. The topological polar surface area (TPSA) is 364 Å². The maximum absolute atomic E-state index is 12.6. The second kappa shape index (κ2) is 26.2. The fraction of sp³-hybridized carbons (Fsp3) is 0.744. The van der Waals surface area contributed by atoms with Gasteiger partial charge in [0, 0.05) is 25.1 Å². The standard InChI is InChI=1S/C39H63N6O19P3/c1-2-3-4-5-6-7-8-9-10-11-12-13-14-15-16-17-18-19-32(48)62-38-40-23-26-36(44-38)43-37(41-26)35-34(50)33(49)29(61-35)25-59-66(54,55)64-67(56,57)63-65(52,53)58-24-28-27(46)22-31(60-28)45-21-20-30(47)42-39(45)51/h20-21,23,27-29,31,33-35,46,49-50H,2-19,22,24-25H2,1H3,(H,52,53)(H,54,55)(H,56,57)(H,42,47,51)(H,40,41,43,44)/t27-,28+,29+,31-,33+,34+,35-/m0/s1. The van der Waals surface area contributed by atoms with Crippen molar-refractivity contribution in [2.75, 3.05) is 13.2 Å². The summed E-state index contributed by atoms with van der Waals surface area (Å²) < 4.78 is 72.1. The van der Waals surface area contributed by atoms with Crippen LogP contribution < -0.4 is 16.0 Å². The Balaban J connectivity index is 0.980. The van der Waals surface area contributed by atoms with Gasteiger partial charge in [-0.1, -0.05) is 110 Å². The van der Waals surface area contributed by atoms with Gasteiger partial charge in [-0.3, -0.25) is 28.2 Å². The number of carbonyl (C=O) groups is 1. The van der Waals surface area contributed by atoms with Crippen LogP contribution in [-0.2, 0) is 45.6 Å². The molecule has 0 amide bonds. The summed E-state index contributed by atoms with van der Waals surface area (Å²) >= 11 is 0. The van der Waals surface area contributed by atoms with Gasteiger partial charge in [-0.05, 0) is 6.42 Å². The van der Waals surface area contributed by atoms with Crippen LogP contribution in [0.3, 0.4) is 0 Å². The average Bonchev–Trinajstić information content (AvgIpc) is 3.93. The lowest BCUT2D eigenvalue weighted by Gasteiger charge is -2.21. The quantitative estimate of drug-likeness (QED) is 0.0238. The van der Waals surface area contributed by atoms with Crippen molar-refractivity contribution >= 4 is 40.6 Å². The van der Waals surface area contributed by atoms with Gasteiger partial charge in [0.15, 0.2) is 5.65 Å². The van der Waals surface area contributed by atoms with Crippen LogP contribution >= 0.6 is 23.5 Å². The number of fused-ring (bicyclic) bond motifs is 1. The first-order valence-electron chi connectivity index (χ1n) is 22.7. The van der Waals surface area contributed by atoms with Crippen LogP contribution in [0.15, 0.2) is 28.0 Å². The summed E-state index contributed by atoms with van der Waals surface area (Å²) in [5.74, 6) is -0.586. The number of H-pyrrole nitrogens is 2.